The Labute approximate surface area is 654 Å². The van der Waals surface area contributed by atoms with Gasteiger partial charge in [-0.15, -0.1) is 19.7 Å². The van der Waals surface area contributed by atoms with E-state index in [1.165, 1.54) is 5.57 Å². The molecule has 0 N–H and O–H groups in total. The summed E-state index contributed by atoms with van der Waals surface area (Å²) in [6.07, 6.45) is 41.9. The largest absolute Gasteiger partial charge is 0.255 e. The van der Waals surface area contributed by atoms with Gasteiger partial charge in [-0.2, -0.15) is 0 Å². The van der Waals surface area contributed by atoms with Crippen molar-refractivity contribution in [1.82, 2.24) is 59.8 Å². The second kappa shape index (κ2) is 56.2. The van der Waals surface area contributed by atoms with Crippen molar-refractivity contribution in [2.24, 2.45) is 0 Å². The van der Waals surface area contributed by atoms with Gasteiger partial charge in [0.05, 0.1) is 94.8 Å². The maximum atomic E-state index is 5.88. The molecule has 106 heavy (non-hydrogen) atoms. The van der Waals surface area contributed by atoms with Crippen LogP contribution in [0.2, 0.25) is 0 Å². The fraction of sp³-hybridized carbons (Fsp3) is 0.209. The third-order valence-electron chi connectivity index (χ3n) is 14.5. The van der Waals surface area contributed by atoms with E-state index in [1.807, 2.05) is 212 Å². The molecule has 12 aromatic heterocycles. The second-order valence-corrected chi connectivity index (χ2v) is 25.4. The molecule has 0 unspecified atom stereocenters. The van der Waals surface area contributed by atoms with Gasteiger partial charge in [-0.3, -0.25) is 59.8 Å². The predicted octanol–water partition coefficient (Wildman–Crippen LogP) is 22.0. The molecule has 0 bridgehead atoms. The van der Waals surface area contributed by atoms with Gasteiger partial charge < -0.3 is 18.9 Å². The van der Waals surface area contributed by atoms with Crippen LogP contribution in [0.15, 0.2) is 318 Å². The number of nitrogens with zero attached hydrogens (tertiary/aromatic N) is 12. The number of hydrogen-bond acceptors (Lipinski definition) is 16. The molecule has 20 heteroatoms. The molecule has 0 atom stereocenters. The second-order valence-electron chi connectivity index (χ2n) is 22.8. The molecule has 12 heterocycles. The molecule has 0 amide bonds. The summed E-state index contributed by atoms with van der Waals surface area (Å²) in [6.45, 7) is 18.3. The van der Waals surface area contributed by atoms with Crippen LogP contribution < -0.4 is 18.9 Å². The first-order valence-corrected chi connectivity index (χ1v) is 39.2. The minimum atomic E-state index is -0.346. The normalized spacial score (nSPS) is 9.85. The Morgan fingerprint density at radius 1 is 0.283 bits per heavy atom. The van der Waals surface area contributed by atoms with E-state index in [1.54, 1.807) is 74.4 Å². The first-order valence-electron chi connectivity index (χ1n) is 34.8. The monoisotopic (exact) mass is 1630 g/mol. The minimum absolute atomic E-state index is 0. The molecular weight excluding hydrogens is 1540 g/mol. The van der Waals surface area contributed by atoms with Gasteiger partial charge in [0.25, 0.3) is 0 Å². The Balaban J connectivity index is 0.000000235. The van der Waals surface area contributed by atoms with Crippen molar-refractivity contribution < 1.29 is 53.6 Å². The maximum absolute atomic E-state index is 5.88. The Hall–Kier alpha value is -10.2. The third kappa shape index (κ3) is 37.0. The number of hydrogen-bond donors (Lipinski definition) is 0. The van der Waals surface area contributed by atoms with Crippen LogP contribution in [0.5, 0.6) is 23.0 Å². The summed E-state index contributed by atoms with van der Waals surface area (Å²) >= 11 is -0.346. The van der Waals surface area contributed by atoms with Crippen LogP contribution in [0.3, 0.4) is 0 Å². The summed E-state index contributed by atoms with van der Waals surface area (Å²) in [5, 5.41) is 0. The molecule has 16 nitrogen and oxygen atoms in total. The van der Waals surface area contributed by atoms with Crippen molar-refractivity contribution in [1.29, 1.82) is 0 Å². The number of halogens is 2. The van der Waals surface area contributed by atoms with Crippen LogP contribution in [0.1, 0.15) is 90.9 Å². The van der Waals surface area contributed by atoms with Crippen molar-refractivity contribution >= 4 is 19.4 Å². The third-order valence-corrected chi connectivity index (χ3v) is 14.5. The van der Waals surface area contributed by atoms with Gasteiger partial charge in [-0.25, -0.2) is 0 Å². The van der Waals surface area contributed by atoms with Crippen LogP contribution in [0.25, 0.3) is 68.3 Å². The average Bonchev–Trinajstić information content (AvgIpc) is 0.840. The van der Waals surface area contributed by atoms with Gasteiger partial charge in [0.1, 0.15) is 23.0 Å². The number of unbranched alkanes of at least 4 members (excludes halogenated alkanes) is 8. The van der Waals surface area contributed by atoms with Crippen molar-refractivity contribution in [3.05, 3.63) is 318 Å². The summed E-state index contributed by atoms with van der Waals surface area (Å²) < 4.78 is 23.3. The van der Waals surface area contributed by atoms with E-state index >= 15 is 0 Å². The average molecular weight is 1630 g/mol. The van der Waals surface area contributed by atoms with Gasteiger partial charge in [0.2, 0.25) is 0 Å². The molecule has 12 rings (SSSR count). The molecule has 0 spiro atoms. The van der Waals surface area contributed by atoms with E-state index in [2.05, 4.69) is 99.5 Å². The van der Waals surface area contributed by atoms with Crippen LogP contribution in [0, 0.1) is 0 Å². The molecular formula is C86H92Cl2N12O4Ru2. The molecule has 12 aromatic rings. The van der Waals surface area contributed by atoms with E-state index in [-0.39, 0.29) is 34.6 Å². The SMILES string of the molecule is C=CCCCCOc1ccnc(-c2cc(OCCCCC=C(C)C)ccn2)c1.C=CCCCCOc1ccnc(-c2cc(OCCCCC=C)ccn2)c1.[Cl][Ru][Cl].[Ru].c1ccc(-c2ccccn2)nc1.c1ccc(-c2ccccn2)nc1.c1ccc(-c2ccccn2)nc1.c1ccc(-c2ccccn2)nc1. The summed E-state index contributed by atoms with van der Waals surface area (Å²) in [7, 11) is 9.71. The minimum Gasteiger partial charge on any atom is -0.255 e. The Morgan fingerprint density at radius 3 is 0.642 bits per heavy atom. The number of aromatic nitrogens is 12. The number of pyridine rings is 12. The molecule has 0 radical (unpaired) electrons. The van der Waals surface area contributed by atoms with Crippen molar-refractivity contribution in [2.75, 3.05) is 26.4 Å². The van der Waals surface area contributed by atoms with E-state index in [0.717, 1.165) is 168 Å². The van der Waals surface area contributed by atoms with Crippen molar-refractivity contribution in [2.45, 2.75) is 90.9 Å². The van der Waals surface area contributed by atoms with Crippen molar-refractivity contribution in [3.63, 3.8) is 0 Å². The predicted molar refractivity (Wildman–Crippen MR) is 424 cm³/mol. The molecule has 550 valence electrons. The van der Waals surface area contributed by atoms with E-state index in [9.17, 15) is 0 Å². The van der Waals surface area contributed by atoms with E-state index in [0.29, 0.717) is 26.4 Å². The molecule has 0 aromatic carbocycles. The first kappa shape index (κ1) is 86.4. The maximum Gasteiger partial charge on any atom is 0.0886 e. The zero-order valence-electron chi connectivity index (χ0n) is 60.1. The van der Waals surface area contributed by atoms with Crippen LogP contribution >= 0.6 is 19.4 Å². The molecule has 0 fully saturated rings. The van der Waals surface area contributed by atoms with E-state index in [4.69, 9.17) is 38.3 Å². The summed E-state index contributed by atoms with van der Waals surface area (Å²) in [4.78, 5) is 51.2. The zero-order chi connectivity index (χ0) is 74.1. The van der Waals surface area contributed by atoms with E-state index < -0.39 is 0 Å². The smallest absolute Gasteiger partial charge is 0.0886 e. The summed E-state index contributed by atoms with van der Waals surface area (Å²) in [5.74, 6) is 3.26. The van der Waals surface area contributed by atoms with Gasteiger partial charge in [-0.05, 0) is 212 Å². The topological polar surface area (TPSA) is 192 Å². The summed E-state index contributed by atoms with van der Waals surface area (Å²) in [5.41, 5.74) is 11.8. The van der Waals surface area contributed by atoms with Gasteiger partial charge in [-0.1, -0.05) is 78.4 Å². The number of ether oxygens (including phenoxy) is 4. The zero-order valence-corrected chi connectivity index (χ0v) is 65.1. The fourth-order valence-electron chi connectivity index (χ4n) is 9.25. The molecule has 0 saturated heterocycles. The van der Waals surface area contributed by atoms with Gasteiger partial charge in [0, 0.05) is 118 Å². The first-order chi connectivity index (χ1) is 51.8. The van der Waals surface area contributed by atoms with Crippen LogP contribution in [0.4, 0.5) is 0 Å². The van der Waals surface area contributed by atoms with Crippen LogP contribution in [-0.4, -0.2) is 86.2 Å². The fourth-order valence-corrected chi connectivity index (χ4v) is 9.25. The standard InChI is InChI=1S/C24H32N2O2.C22H28N2O2.4C10H8N2.2ClH.2Ru/c1-4-5-6-9-16-27-21-12-14-25-23(18-21)24-19-22(13-15-26-24)28-17-10-7-8-11-20(2)3;1-3-5-7-9-15-25-19-11-13-23-21(17-19)22-18-20(12-14-24-22)26-16-10-8-6-4-2;4*1-3-7-11-9(5-1)10-6-2-4-8-12-10;;;;/h4,11-15,18-19H,1,5-10,16-17H2,2-3H3;3-4,11-14,17-18H,1-2,5-10,15-16H2;4*1-8H;2*1H;;/q;;;;;;;;;+2/p-2. The number of allylic oxidation sites excluding steroid dienone is 5. The van der Waals surface area contributed by atoms with Crippen LogP contribution in [-0.2, 0) is 34.6 Å². The van der Waals surface area contributed by atoms with Crippen molar-refractivity contribution in [3.8, 4) is 91.3 Å². The summed E-state index contributed by atoms with van der Waals surface area (Å²) in [6, 6.07) is 61.6. The molecule has 0 aliphatic carbocycles. The van der Waals surface area contributed by atoms with Gasteiger partial charge >= 0.3 is 34.5 Å². The number of rotatable bonds is 30. The molecule has 0 aliphatic rings. The molecule has 0 aliphatic heterocycles. The Bertz CT molecular complexity index is 3740. The van der Waals surface area contributed by atoms with Gasteiger partial charge in [0.15, 0.2) is 0 Å². The molecule has 0 saturated carbocycles. The Morgan fingerprint density at radius 2 is 0.472 bits per heavy atom. The quantitative estimate of drug-likeness (QED) is 0.0234. The Kier molecular flexibility index (Phi) is 45.8.